The minimum absolute atomic E-state index is 0.187. The Labute approximate surface area is 232 Å². The summed E-state index contributed by atoms with van der Waals surface area (Å²) in [5, 5.41) is 3.32. The molecule has 0 aliphatic heterocycles. The van der Waals surface area contributed by atoms with Gasteiger partial charge in [-0.3, -0.25) is 19.1 Å². The summed E-state index contributed by atoms with van der Waals surface area (Å²) < 4.78 is 30.7. The van der Waals surface area contributed by atoms with Crippen molar-refractivity contribution < 1.29 is 18.0 Å². The maximum absolute atomic E-state index is 13.7. The van der Waals surface area contributed by atoms with Crippen LogP contribution in [-0.4, -0.2) is 46.8 Å². The first-order valence-corrected chi connectivity index (χ1v) is 14.0. The number of carbonyl (C=O) groups excluding carboxylic acids is 2. The second kappa shape index (κ2) is 11.5. The molecule has 3 aromatic rings. The predicted octanol–water partition coefficient (Wildman–Crippen LogP) is 2.80. The summed E-state index contributed by atoms with van der Waals surface area (Å²) in [6.07, 6.45) is -0.437. The van der Waals surface area contributed by atoms with Crippen LogP contribution in [0.25, 0.3) is 0 Å². The Morgan fingerprint density at radius 1 is 1.05 bits per heavy atom. The molecule has 39 heavy (non-hydrogen) atoms. The van der Waals surface area contributed by atoms with E-state index >= 15 is 0 Å². The minimum atomic E-state index is -3.98. The van der Waals surface area contributed by atoms with Crippen molar-refractivity contribution in [2.45, 2.75) is 58.8 Å². The Morgan fingerprint density at radius 2 is 1.69 bits per heavy atom. The number of aryl methyl sites for hydroxylation is 2. The fourth-order valence-corrected chi connectivity index (χ4v) is 5.24. The third-order valence-corrected chi connectivity index (χ3v) is 7.02. The fourth-order valence-electron chi connectivity index (χ4n) is 3.92. The van der Waals surface area contributed by atoms with E-state index in [0.29, 0.717) is 27.7 Å². The topological polar surface area (TPSA) is 145 Å². The third kappa shape index (κ3) is 7.64. The molecule has 0 saturated heterocycles. The molecule has 0 spiro atoms. The molecular weight excluding hydrogens is 544 g/mol. The zero-order chi connectivity index (χ0) is 29.1. The van der Waals surface area contributed by atoms with Crippen LogP contribution in [0.3, 0.4) is 0 Å². The standard InChI is InChI=1S/C26H31ClN6O5S/c1-16-7-12-20(31-39(37,38)15-18-8-10-19(27)11-9-18)25(36)32(16)33-21(13-23(34)28-6)17(2)29-22(33)14-24(35)30-26(3,4)5/h7-12,31H,6,13-15H2,1-5H3,(H,30,35). The van der Waals surface area contributed by atoms with Crippen LogP contribution in [0, 0.1) is 13.8 Å². The second-order valence-corrected chi connectivity index (χ2v) is 12.2. The quantitative estimate of drug-likeness (QED) is 0.376. The van der Waals surface area contributed by atoms with Crippen LogP contribution in [-0.2, 0) is 38.2 Å². The molecule has 0 unspecified atom stereocenters. The molecule has 0 fully saturated rings. The number of hydrogen-bond acceptors (Lipinski definition) is 6. The molecule has 0 bridgehead atoms. The Kier molecular flexibility index (Phi) is 8.81. The number of carbonyl (C=O) groups is 2. The maximum atomic E-state index is 13.7. The number of aromatic nitrogens is 3. The number of anilines is 1. The van der Waals surface area contributed by atoms with Crippen molar-refractivity contribution in [3.8, 4) is 0 Å². The maximum Gasteiger partial charge on any atom is 0.294 e. The van der Waals surface area contributed by atoms with Crippen LogP contribution in [0.1, 0.15) is 49.2 Å². The SMILES string of the molecule is C=NC(=O)Cc1c(C)nc(CC(=O)NC(C)(C)C)n1-n1c(C)ccc(NS(=O)(=O)Cc2ccc(Cl)cc2)c1=O. The molecule has 11 nitrogen and oxygen atoms in total. The lowest BCUT2D eigenvalue weighted by Crippen LogP contribution is -2.42. The Balaban J connectivity index is 2.11. The zero-order valence-electron chi connectivity index (χ0n) is 22.4. The monoisotopic (exact) mass is 574 g/mol. The van der Waals surface area contributed by atoms with Gasteiger partial charge in [0.05, 0.1) is 30.0 Å². The molecular formula is C26H31ClN6O5S. The molecule has 208 valence electrons. The number of aliphatic imine (C=N–C) groups is 1. The normalized spacial score (nSPS) is 11.7. The first-order chi connectivity index (χ1) is 18.1. The van der Waals surface area contributed by atoms with Crippen molar-refractivity contribution in [1.29, 1.82) is 0 Å². The van der Waals surface area contributed by atoms with E-state index in [2.05, 4.69) is 26.7 Å². The summed E-state index contributed by atoms with van der Waals surface area (Å²) in [6, 6.07) is 9.22. The van der Waals surface area contributed by atoms with Crippen LogP contribution >= 0.6 is 11.6 Å². The molecule has 0 aliphatic rings. The van der Waals surface area contributed by atoms with Crippen LogP contribution < -0.4 is 15.6 Å². The number of hydrogen-bond donors (Lipinski definition) is 2. The number of halogens is 1. The molecule has 0 atom stereocenters. The number of amides is 2. The molecule has 3 rings (SSSR count). The Hall–Kier alpha value is -3.77. The highest BCUT2D eigenvalue weighted by Crippen LogP contribution is 2.18. The van der Waals surface area contributed by atoms with Gasteiger partial charge in [0.2, 0.25) is 15.9 Å². The van der Waals surface area contributed by atoms with Gasteiger partial charge in [0.25, 0.3) is 11.5 Å². The number of sulfonamides is 1. The molecule has 2 aromatic heterocycles. The van der Waals surface area contributed by atoms with Crippen LogP contribution in [0.4, 0.5) is 5.69 Å². The predicted molar refractivity (Wildman–Crippen MR) is 151 cm³/mol. The summed E-state index contributed by atoms with van der Waals surface area (Å²) in [7, 11) is -3.98. The number of pyridine rings is 1. The van der Waals surface area contributed by atoms with E-state index in [9.17, 15) is 22.8 Å². The molecule has 1 aromatic carbocycles. The van der Waals surface area contributed by atoms with Gasteiger partial charge >= 0.3 is 0 Å². The number of benzene rings is 1. The molecule has 13 heteroatoms. The third-order valence-electron chi connectivity index (χ3n) is 5.53. The smallest absolute Gasteiger partial charge is 0.294 e. The van der Waals surface area contributed by atoms with E-state index in [0.717, 1.165) is 0 Å². The highest BCUT2D eigenvalue weighted by molar-refractivity contribution is 7.91. The van der Waals surface area contributed by atoms with Crippen molar-refractivity contribution in [2.24, 2.45) is 4.99 Å². The lowest BCUT2D eigenvalue weighted by atomic mass is 10.1. The van der Waals surface area contributed by atoms with Gasteiger partial charge < -0.3 is 5.32 Å². The first kappa shape index (κ1) is 29.8. The van der Waals surface area contributed by atoms with E-state index in [-0.39, 0.29) is 36.0 Å². The van der Waals surface area contributed by atoms with Gasteiger partial charge in [-0.25, -0.2) is 27.7 Å². The average molecular weight is 575 g/mol. The molecule has 0 radical (unpaired) electrons. The largest absolute Gasteiger partial charge is 0.351 e. The summed E-state index contributed by atoms with van der Waals surface area (Å²) >= 11 is 5.88. The summed E-state index contributed by atoms with van der Waals surface area (Å²) in [5.74, 6) is -1.10. The van der Waals surface area contributed by atoms with E-state index in [4.69, 9.17) is 11.6 Å². The van der Waals surface area contributed by atoms with Crippen LogP contribution in [0.2, 0.25) is 5.02 Å². The van der Waals surface area contributed by atoms with Crippen molar-refractivity contribution in [1.82, 2.24) is 19.7 Å². The molecule has 0 aliphatic carbocycles. The Morgan fingerprint density at radius 3 is 2.28 bits per heavy atom. The van der Waals surface area contributed by atoms with Gasteiger partial charge in [-0.05, 0) is 71.2 Å². The summed E-state index contributed by atoms with van der Waals surface area (Å²) in [6.45, 7) is 12.0. The van der Waals surface area contributed by atoms with Gasteiger partial charge in [-0.1, -0.05) is 23.7 Å². The second-order valence-electron chi connectivity index (χ2n) is 10.1. The molecule has 0 saturated carbocycles. The lowest BCUT2D eigenvalue weighted by molar-refractivity contribution is -0.122. The van der Waals surface area contributed by atoms with Crippen LogP contribution in [0.5, 0.6) is 0 Å². The molecule has 2 heterocycles. The van der Waals surface area contributed by atoms with Gasteiger partial charge in [-0.15, -0.1) is 0 Å². The molecule has 2 amide bonds. The highest BCUT2D eigenvalue weighted by atomic mass is 35.5. The average Bonchev–Trinajstić information content (AvgIpc) is 3.10. The summed E-state index contributed by atoms with van der Waals surface area (Å²) in [5.41, 5.74) is 0.174. The number of imidazole rings is 1. The number of nitrogens with one attached hydrogen (secondary N) is 2. The van der Waals surface area contributed by atoms with E-state index in [1.807, 2.05) is 20.8 Å². The van der Waals surface area contributed by atoms with Crippen molar-refractivity contribution in [3.63, 3.8) is 0 Å². The van der Waals surface area contributed by atoms with Crippen molar-refractivity contribution in [2.75, 3.05) is 4.72 Å². The van der Waals surface area contributed by atoms with E-state index in [1.165, 1.54) is 15.4 Å². The molecule has 2 N–H and O–H groups in total. The van der Waals surface area contributed by atoms with Gasteiger partial charge in [0, 0.05) is 16.3 Å². The van der Waals surface area contributed by atoms with Crippen molar-refractivity contribution in [3.05, 3.63) is 80.2 Å². The Bertz CT molecular complexity index is 1580. The van der Waals surface area contributed by atoms with Gasteiger partial charge in [0.15, 0.2) is 0 Å². The summed E-state index contributed by atoms with van der Waals surface area (Å²) in [4.78, 5) is 46.6. The fraction of sp³-hybridized carbons (Fsp3) is 0.346. The number of nitrogens with zero attached hydrogens (tertiary/aromatic N) is 4. The van der Waals surface area contributed by atoms with Gasteiger partial charge in [0.1, 0.15) is 11.5 Å². The lowest BCUT2D eigenvalue weighted by Gasteiger charge is -2.21. The highest BCUT2D eigenvalue weighted by Gasteiger charge is 2.25. The minimum Gasteiger partial charge on any atom is -0.351 e. The van der Waals surface area contributed by atoms with Gasteiger partial charge in [-0.2, -0.15) is 0 Å². The van der Waals surface area contributed by atoms with E-state index < -0.39 is 27.0 Å². The first-order valence-electron chi connectivity index (χ1n) is 12.0. The number of rotatable bonds is 9. The van der Waals surface area contributed by atoms with Crippen LogP contribution in [0.15, 0.2) is 46.2 Å². The zero-order valence-corrected chi connectivity index (χ0v) is 24.0. The van der Waals surface area contributed by atoms with E-state index in [1.54, 1.807) is 44.2 Å². The van der Waals surface area contributed by atoms with Crippen molar-refractivity contribution >= 4 is 45.8 Å².